The molecule has 0 aliphatic rings. The van der Waals surface area contributed by atoms with Crippen molar-refractivity contribution in [3.8, 4) is 0 Å². The van der Waals surface area contributed by atoms with Gasteiger partial charge in [-0.05, 0) is 24.3 Å². The van der Waals surface area contributed by atoms with Crippen LogP contribution in [0.3, 0.4) is 0 Å². The minimum absolute atomic E-state index is 0.115. The predicted molar refractivity (Wildman–Crippen MR) is 65.5 cm³/mol. The molecule has 0 fully saturated rings. The van der Waals surface area contributed by atoms with E-state index in [-0.39, 0.29) is 5.91 Å². The van der Waals surface area contributed by atoms with E-state index in [1.54, 1.807) is 37.6 Å². The van der Waals surface area contributed by atoms with Gasteiger partial charge in [-0.15, -0.1) is 0 Å². The number of nitrogens with one attached hydrogen (secondary N) is 1. The van der Waals surface area contributed by atoms with Gasteiger partial charge < -0.3 is 4.98 Å². The standard InChI is InChI=1S/C11H10BrN3O/c1-15(10-7-8(12)4-6-14-10)11(16)9-3-2-5-13-9/h2-7,13H,1H3. The number of pyridine rings is 1. The van der Waals surface area contributed by atoms with Crippen LogP contribution in [-0.2, 0) is 0 Å². The third-order valence-electron chi connectivity index (χ3n) is 2.18. The monoisotopic (exact) mass is 279 g/mol. The van der Waals surface area contributed by atoms with E-state index in [0.717, 1.165) is 4.47 Å². The molecule has 0 unspecified atom stereocenters. The SMILES string of the molecule is CN(C(=O)c1ccc[nH]1)c1cc(Br)ccn1. The molecule has 0 saturated carbocycles. The van der Waals surface area contributed by atoms with Crippen LogP contribution in [0.4, 0.5) is 5.82 Å². The van der Waals surface area contributed by atoms with Gasteiger partial charge in [0.2, 0.25) is 0 Å². The average Bonchev–Trinajstić information content (AvgIpc) is 2.80. The van der Waals surface area contributed by atoms with E-state index in [4.69, 9.17) is 0 Å². The Hall–Kier alpha value is -1.62. The van der Waals surface area contributed by atoms with Crippen molar-refractivity contribution in [2.45, 2.75) is 0 Å². The third-order valence-corrected chi connectivity index (χ3v) is 2.68. The fourth-order valence-electron chi connectivity index (χ4n) is 1.33. The van der Waals surface area contributed by atoms with Gasteiger partial charge in [0.1, 0.15) is 11.5 Å². The average molecular weight is 280 g/mol. The lowest BCUT2D eigenvalue weighted by Crippen LogP contribution is -2.27. The lowest BCUT2D eigenvalue weighted by atomic mass is 10.3. The number of H-pyrrole nitrogens is 1. The number of amides is 1. The van der Waals surface area contributed by atoms with E-state index in [2.05, 4.69) is 25.9 Å². The summed E-state index contributed by atoms with van der Waals surface area (Å²) >= 11 is 3.34. The van der Waals surface area contributed by atoms with Crippen molar-refractivity contribution in [1.82, 2.24) is 9.97 Å². The molecule has 0 radical (unpaired) electrons. The smallest absolute Gasteiger partial charge is 0.275 e. The van der Waals surface area contributed by atoms with Gasteiger partial charge >= 0.3 is 0 Å². The lowest BCUT2D eigenvalue weighted by molar-refractivity contribution is 0.0988. The van der Waals surface area contributed by atoms with Crippen LogP contribution in [0.25, 0.3) is 0 Å². The number of halogens is 1. The zero-order valence-electron chi connectivity index (χ0n) is 8.64. The molecular formula is C11H10BrN3O. The molecule has 0 bridgehead atoms. The van der Waals surface area contributed by atoms with Gasteiger partial charge in [0.15, 0.2) is 0 Å². The molecule has 0 spiro atoms. The molecule has 2 heterocycles. The summed E-state index contributed by atoms with van der Waals surface area (Å²) in [5.41, 5.74) is 0.546. The minimum Gasteiger partial charge on any atom is -0.357 e. The summed E-state index contributed by atoms with van der Waals surface area (Å²) in [5, 5.41) is 0. The topological polar surface area (TPSA) is 49.0 Å². The van der Waals surface area contributed by atoms with Crippen molar-refractivity contribution in [2.75, 3.05) is 11.9 Å². The highest BCUT2D eigenvalue weighted by molar-refractivity contribution is 9.10. The Morgan fingerprint density at radius 2 is 2.31 bits per heavy atom. The minimum atomic E-state index is -0.115. The maximum Gasteiger partial charge on any atom is 0.275 e. The summed E-state index contributed by atoms with van der Waals surface area (Å²) in [7, 11) is 1.69. The largest absolute Gasteiger partial charge is 0.357 e. The van der Waals surface area contributed by atoms with Crippen molar-refractivity contribution >= 4 is 27.7 Å². The van der Waals surface area contributed by atoms with Crippen molar-refractivity contribution in [3.05, 3.63) is 46.8 Å². The van der Waals surface area contributed by atoms with Crippen LogP contribution < -0.4 is 4.90 Å². The molecule has 2 rings (SSSR count). The van der Waals surface area contributed by atoms with Gasteiger partial charge in [-0.25, -0.2) is 4.98 Å². The van der Waals surface area contributed by atoms with E-state index in [9.17, 15) is 4.79 Å². The number of nitrogens with zero attached hydrogens (tertiary/aromatic N) is 2. The fraction of sp³-hybridized carbons (Fsp3) is 0.0909. The summed E-state index contributed by atoms with van der Waals surface area (Å²) in [6, 6.07) is 7.13. The molecule has 1 N–H and O–H groups in total. The number of aromatic nitrogens is 2. The molecule has 1 amide bonds. The number of carbonyl (C=O) groups excluding carboxylic acids is 1. The van der Waals surface area contributed by atoms with E-state index in [1.807, 2.05) is 6.07 Å². The summed E-state index contributed by atoms with van der Waals surface area (Å²) in [6.45, 7) is 0. The molecular weight excluding hydrogens is 270 g/mol. The van der Waals surface area contributed by atoms with Crippen LogP contribution >= 0.6 is 15.9 Å². The maximum absolute atomic E-state index is 12.0. The van der Waals surface area contributed by atoms with Gasteiger partial charge in [-0.2, -0.15) is 0 Å². The summed E-state index contributed by atoms with van der Waals surface area (Å²) in [5.74, 6) is 0.490. The maximum atomic E-state index is 12.0. The van der Waals surface area contributed by atoms with E-state index in [1.165, 1.54) is 4.90 Å². The predicted octanol–water partition coefficient (Wildman–Crippen LogP) is 2.45. The van der Waals surface area contributed by atoms with Crippen LogP contribution in [-0.4, -0.2) is 22.9 Å². The highest BCUT2D eigenvalue weighted by Crippen LogP contribution is 2.17. The molecule has 2 aromatic rings. The first kappa shape index (κ1) is 10.9. The Kier molecular flexibility index (Phi) is 3.05. The molecule has 82 valence electrons. The first-order valence-corrected chi connectivity index (χ1v) is 5.51. The van der Waals surface area contributed by atoms with Crippen molar-refractivity contribution in [2.24, 2.45) is 0 Å². The summed E-state index contributed by atoms with van der Waals surface area (Å²) < 4.78 is 0.892. The highest BCUT2D eigenvalue weighted by Gasteiger charge is 2.14. The molecule has 0 aromatic carbocycles. The Morgan fingerprint density at radius 1 is 1.50 bits per heavy atom. The first-order chi connectivity index (χ1) is 7.68. The van der Waals surface area contributed by atoms with Gasteiger partial charge in [-0.3, -0.25) is 9.69 Å². The second kappa shape index (κ2) is 4.49. The summed E-state index contributed by atoms with van der Waals surface area (Å²) in [4.78, 5) is 20.5. The van der Waals surface area contributed by atoms with Gasteiger partial charge in [-0.1, -0.05) is 15.9 Å². The molecule has 5 heteroatoms. The summed E-state index contributed by atoms with van der Waals surface area (Å²) in [6.07, 6.45) is 3.37. The van der Waals surface area contributed by atoms with Crippen LogP contribution in [0, 0.1) is 0 Å². The Morgan fingerprint density at radius 3 is 2.94 bits per heavy atom. The number of carbonyl (C=O) groups is 1. The second-order valence-corrected chi connectivity index (χ2v) is 4.20. The van der Waals surface area contributed by atoms with E-state index in [0.29, 0.717) is 11.5 Å². The number of hydrogen-bond donors (Lipinski definition) is 1. The first-order valence-electron chi connectivity index (χ1n) is 4.71. The Bertz CT molecular complexity index is 496. The van der Waals surface area contributed by atoms with Crippen molar-refractivity contribution < 1.29 is 4.79 Å². The van der Waals surface area contributed by atoms with Crippen LogP contribution in [0.5, 0.6) is 0 Å². The number of rotatable bonds is 2. The van der Waals surface area contributed by atoms with Crippen molar-refractivity contribution in [1.29, 1.82) is 0 Å². The van der Waals surface area contributed by atoms with Gasteiger partial charge in [0, 0.05) is 23.9 Å². The Labute approximate surface area is 101 Å². The number of hydrogen-bond acceptors (Lipinski definition) is 2. The number of anilines is 1. The molecule has 4 nitrogen and oxygen atoms in total. The quantitative estimate of drug-likeness (QED) is 0.918. The molecule has 0 saturated heterocycles. The van der Waals surface area contributed by atoms with E-state index >= 15 is 0 Å². The zero-order chi connectivity index (χ0) is 11.5. The van der Waals surface area contributed by atoms with Crippen LogP contribution in [0.15, 0.2) is 41.1 Å². The van der Waals surface area contributed by atoms with E-state index < -0.39 is 0 Å². The zero-order valence-corrected chi connectivity index (χ0v) is 10.2. The molecule has 16 heavy (non-hydrogen) atoms. The molecule has 2 aromatic heterocycles. The van der Waals surface area contributed by atoms with Gasteiger partial charge in [0.05, 0.1) is 0 Å². The lowest BCUT2D eigenvalue weighted by Gasteiger charge is -2.15. The normalized spacial score (nSPS) is 10.1. The van der Waals surface area contributed by atoms with Gasteiger partial charge in [0.25, 0.3) is 5.91 Å². The van der Waals surface area contributed by atoms with Crippen molar-refractivity contribution in [3.63, 3.8) is 0 Å². The number of aromatic amines is 1. The second-order valence-electron chi connectivity index (χ2n) is 3.28. The molecule has 0 atom stereocenters. The highest BCUT2D eigenvalue weighted by atomic mass is 79.9. The third kappa shape index (κ3) is 2.14. The Balaban J connectivity index is 2.26. The van der Waals surface area contributed by atoms with Crippen LogP contribution in [0.2, 0.25) is 0 Å². The molecule has 0 aliphatic heterocycles. The fourth-order valence-corrected chi connectivity index (χ4v) is 1.65. The van der Waals surface area contributed by atoms with Crippen LogP contribution in [0.1, 0.15) is 10.5 Å². The molecule has 0 aliphatic carbocycles.